The Kier molecular flexibility index (Phi) is 3.97. The molecule has 0 atom stereocenters. The lowest BCUT2D eigenvalue weighted by atomic mass is 9.86. The first-order valence-corrected chi connectivity index (χ1v) is 9.90. The van der Waals surface area contributed by atoms with Crippen LogP contribution in [-0.4, -0.2) is 0 Å². The fourth-order valence-electron chi connectivity index (χ4n) is 4.38. The third-order valence-corrected chi connectivity index (χ3v) is 5.65. The van der Waals surface area contributed by atoms with Crippen LogP contribution in [0.5, 0.6) is 0 Å². The minimum absolute atomic E-state index is 1.05. The van der Waals surface area contributed by atoms with Crippen LogP contribution in [0, 0.1) is 0 Å². The van der Waals surface area contributed by atoms with Gasteiger partial charge >= 0.3 is 0 Å². The van der Waals surface area contributed by atoms with Crippen LogP contribution < -0.4 is 9.55 Å². The van der Waals surface area contributed by atoms with Crippen LogP contribution in [0.25, 0.3) is 33.4 Å². The Morgan fingerprint density at radius 2 is 1.78 bits per heavy atom. The van der Waals surface area contributed by atoms with E-state index in [1.165, 1.54) is 44.5 Å². The van der Waals surface area contributed by atoms with Crippen molar-refractivity contribution in [3.05, 3.63) is 84.1 Å². The van der Waals surface area contributed by atoms with Crippen molar-refractivity contribution >= 4 is 10.9 Å². The molecule has 3 heterocycles. The van der Waals surface area contributed by atoms with Gasteiger partial charge in [0.15, 0.2) is 12.7 Å². The van der Waals surface area contributed by atoms with E-state index in [0.717, 1.165) is 25.8 Å². The van der Waals surface area contributed by atoms with E-state index in [1.807, 2.05) is 0 Å². The largest absolute Gasteiger partial charge is 0.213 e. The standard InChI is InChI=1S/C25H23N2/c1-2-7-19-11-12-20-15-17-27-16-6-5-10-23(27)25(20)24(19)22-14-13-18-8-3-4-9-21(18)26-22/h3-6,8-14,16H,2,7,15,17H2,1H3/q+1/p+1. The SMILES string of the molecule is CCCc1ccc2c(c1-c1ccc3ccccc3[nH+]1)-c1cccc[n+]1CC2. The molecule has 27 heavy (non-hydrogen) atoms. The minimum Gasteiger partial charge on any atom is -0.204 e. The molecule has 0 saturated carbocycles. The van der Waals surface area contributed by atoms with Crippen LogP contribution in [0.1, 0.15) is 24.5 Å². The zero-order valence-corrected chi connectivity index (χ0v) is 15.7. The summed E-state index contributed by atoms with van der Waals surface area (Å²) < 4.78 is 2.39. The number of aromatic nitrogens is 2. The highest BCUT2D eigenvalue weighted by Crippen LogP contribution is 2.37. The van der Waals surface area contributed by atoms with Crippen LogP contribution in [-0.2, 0) is 19.4 Å². The molecule has 0 unspecified atom stereocenters. The highest BCUT2D eigenvalue weighted by Gasteiger charge is 2.29. The average molecular weight is 352 g/mol. The van der Waals surface area contributed by atoms with Crippen LogP contribution in [0.2, 0.25) is 0 Å². The molecule has 0 aliphatic carbocycles. The van der Waals surface area contributed by atoms with Crippen LogP contribution in [0.4, 0.5) is 0 Å². The van der Waals surface area contributed by atoms with Crippen molar-refractivity contribution in [2.24, 2.45) is 0 Å². The van der Waals surface area contributed by atoms with Gasteiger partial charge in [-0.25, -0.2) is 4.98 Å². The molecule has 0 spiro atoms. The van der Waals surface area contributed by atoms with E-state index in [0.29, 0.717) is 0 Å². The second-order valence-corrected chi connectivity index (χ2v) is 7.37. The lowest BCUT2D eigenvalue weighted by Crippen LogP contribution is -2.40. The molecule has 4 aromatic rings. The summed E-state index contributed by atoms with van der Waals surface area (Å²) in [6.07, 6.45) is 5.53. The Labute approximate surface area is 160 Å². The molecule has 2 aromatic heterocycles. The number of fused-ring (bicyclic) bond motifs is 4. The maximum Gasteiger partial charge on any atom is 0.213 e. The topological polar surface area (TPSA) is 18.0 Å². The normalized spacial score (nSPS) is 12.6. The molecule has 132 valence electrons. The van der Waals surface area contributed by atoms with Crippen molar-refractivity contribution in [1.82, 2.24) is 0 Å². The summed E-state index contributed by atoms with van der Waals surface area (Å²) >= 11 is 0. The lowest BCUT2D eigenvalue weighted by Gasteiger charge is -2.19. The number of para-hydroxylation sites is 1. The molecular formula is C25H24N2+2. The number of nitrogens with zero attached hydrogens (tertiary/aromatic N) is 1. The Morgan fingerprint density at radius 1 is 0.889 bits per heavy atom. The van der Waals surface area contributed by atoms with Gasteiger partial charge in [0.1, 0.15) is 0 Å². The fourth-order valence-corrected chi connectivity index (χ4v) is 4.38. The summed E-state index contributed by atoms with van der Waals surface area (Å²) in [5.41, 5.74) is 9.39. The molecule has 1 N–H and O–H groups in total. The Morgan fingerprint density at radius 3 is 2.70 bits per heavy atom. The molecule has 1 aliphatic rings. The number of aryl methyl sites for hydroxylation is 3. The van der Waals surface area contributed by atoms with Crippen molar-refractivity contribution in [1.29, 1.82) is 0 Å². The summed E-state index contributed by atoms with van der Waals surface area (Å²) in [6, 6.07) is 24.2. The Balaban J connectivity index is 1.82. The van der Waals surface area contributed by atoms with E-state index in [4.69, 9.17) is 0 Å². The van der Waals surface area contributed by atoms with Crippen LogP contribution in [0.15, 0.2) is 72.9 Å². The second-order valence-electron chi connectivity index (χ2n) is 7.37. The van der Waals surface area contributed by atoms with Gasteiger partial charge in [0.25, 0.3) is 0 Å². The van der Waals surface area contributed by atoms with Crippen molar-refractivity contribution in [3.63, 3.8) is 0 Å². The van der Waals surface area contributed by atoms with Crippen molar-refractivity contribution in [3.8, 4) is 22.5 Å². The van der Waals surface area contributed by atoms with Gasteiger partial charge in [0, 0.05) is 36.1 Å². The maximum absolute atomic E-state index is 3.71. The first-order valence-electron chi connectivity index (χ1n) is 9.90. The van der Waals surface area contributed by atoms with Crippen LogP contribution in [0.3, 0.4) is 0 Å². The van der Waals surface area contributed by atoms with E-state index in [1.54, 1.807) is 0 Å². The smallest absolute Gasteiger partial charge is 0.204 e. The molecule has 2 aromatic carbocycles. The van der Waals surface area contributed by atoms with Crippen molar-refractivity contribution < 1.29 is 9.55 Å². The summed E-state index contributed by atoms with van der Waals surface area (Å²) in [5, 5.41) is 1.25. The third kappa shape index (κ3) is 2.73. The van der Waals surface area contributed by atoms with Gasteiger partial charge in [-0.1, -0.05) is 37.6 Å². The van der Waals surface area contributed by atoms with Crippen LogP contribution >= 0.6 is 0 Å². The van der Waals surface area contributed by atoms with E-state index < -0.39 is 0 Å². The third-order valence-electron chi connectivity index (χ3n) is 5.65. The van der Waals surface area contributed by atoms with Gasteiger partial charge in [0.2, 0.25) is 16.9 Å². The van der Waals surface area contributed by atoms with Gasteiger partial charge in [-0.2, -0.15) is 4.57 Å². The number of H-pyrrole nitrogens is 1. The van der Waals surface area contributed by atoms with E-state index >= 15 is 0 Å². The molecule has 0 radical (unpaired) electrons. The van der Waals surface area contributed by atoms with Gasteiger partial charge in [-0.05, 0) is 35.7 Å². The number of benzene rings is 2. The molecule has 5 rings (SSSR count). The predicted octanol–water partition coefficient (Wildman–Crippen LogP) is 4.78. The van der Waals surface area contributed by atoms with E-state index in [-0.39, 0.29) is 0 Å². The van der Waals surface area contributed by atoms with Gasteiger partial charge in [0.05, 0.1) is 11.1 Å². The number of hydrogen-bond donors (Lipinski definition) is 0. The highest BCUT2D eigenvalue weighted by molar-refractivity contribution is 5.85. The first-order chi connectivity index (χ1) is 13.3. The fraction of sp³-hybridized carbons (Fsp3) is 0.200. The highest BCUT2D eigenvalue weighted by atomic mass is 15.0. The number of aromatic amines is 1. The zero-order chi connectivity index (χ0) is 18.2. The predicted molar refractivity (Wildman–Crippen MR) is 109 cm³/mol. The van der Waals surface area contributed by atoms with E-state index in [9.17, 15) is 0 Å². The van der Waals surface area contributed by atoms with Crippen molar-refractivity contribution in [2.45, 2.75) is 32.7 Å². The quantitative estimate of drug-likeness (QED) is 0.472. The number of rotatable bonds is 3. The molecule has 2 nitrogen and oxygen atoms in total. The Bertz CT molecular complexity index is 1140. The molecule has 0 bridgehead atoms. The number of hydrogen-bond acceptors (Lipinski definition) is 0. The average Bonchev–Trinajstić information content (AvgIpc) is 2.73. The molecule has 0 amide bonds. The second kappa shape index (κ2) is 6.62. The molecule has 0 fully saturated rings. The molecule has 1 aliphatic heterocycles. The first kappa shape index (κ1) is 16.2. The number of pyridine rings is 2. The zero-order valence-electron chi connectivity index (χ0n) is 15.7. The monoisotopic (exact) mass is 352 g/mol. The van der Waals surface area contributed by atoms with Gasteiger partial charge in [-0.3, -0.25) is 0 Å². The summed E-state index contributed by atoms with van der Waals surface area (Å²) in [4.78, 5) is 3.71. The number of nitrogens with one attached hydrogen (secondary N) is 1. The van der Waals surface area contributed by atoms with Gasteiger partial charge < -0.3 is 0 Å². The molecule has 2 heteroatoms. The summed E-state index contributed by atoms with van der Waals surface area (Å²) in [5.74, 6) is 0. The minimum atomic E-state index is 1.05. The Hall–Kier alpha value is -3.00. The molecule has 0 saturated heterocycles. The lowest BCUT2D eigenvalue weighted by molar-refractivity contribution is -0.687. The summed E-state index contributed by atoms with van der Waals surface area (Å²) in [7, 11) is 0. The maximum atomic E-state index is 3.71. The van der Waals surface area contributed by atoms with E-state index in [2.05, 4.69) is 89.4 Å². The van der Waals surface area contributed by atoms with Crippen molar-refractivity contribution in [2.75, 3.05) is 0 Å². The molecular weight excluding hydrogens is 328 g/mol. The summed E-state index contributed by atoms with van der Waals surface area (Å²) in [6.45, 7) is 3.31. The van der Waals surface area contributed by atoms with Gasteiger partial charge in [-0.15, -0.1) is 0 Å².